The maximum atomic E-state index is 9.58. The van der Waals surface area contributed by atoms with Crippen molar-refractivity contribution < 1.29 is 0 Å². The standard InChI is InChI=1S/C3H7NOS3/c1-8(2-3-8)7-6-4-5/h2-3H2,1H3. The van der Waals surface area contributed by atoms with Crippen LogP contribution < -0.4 is 0 Å². The lowest BCUT2D eigenvalue weighted by Crippen LogP contribution is -1.57. The Balaban J connectivity index is 2.09. The molecule has 0 amide bonds. The van der Waals surface area contributed by atoms with E-state index in [1.807, 2.05) is 0 Å². The molecular weight excluding hydrogens is 162 g/mol. The Kier molecular flexibility index (Phi) is 2.11. The average Bonchev–Trinajstić information content (AvgIpc) is 2.45. The zero-order valence-electron chi connectivity index (χ0n) is 4.49. The molecular formula is C3H7NOS3. The van der Waals surface area contributed by atoms with Crippen LogP contribution in [0.1, 0.15) is 0 Å². The zero-order chi connectivity index (χ0) is 6.04. The van der Waals surface area contributed by atoms with Gasteiger partial charge in [0.25, 0.3) is 0 Å². The molecule has 0 aliphatic carbocycles. The van der Waals surface area contributed by atoms with Gasteiger partial charge >= 0.3 is 0 Å². The predicted molar refractivity (Wildman–Crippen MR) is 44.2 cm³/mol. The normalized spacial score (nSPS) is 26.6. The quantitative estimate of drug-likeness (QED) is 0.281. The molecule has 1 fully saturated rings. The molecule has 48 valence electrons. The number of hydrogen-bond acceptors (Lipinski definition) is 4. The van der Waals surface area contributed by atoms with Gasteiger partial charge in [-0.25, -0.2) is 0 Å². The van der Waals surface area contributed by atoms with Gasteiger partial charge < -0.3 is 0 Å². The van der Waals surface area contributed by atoms with E-state index < -0.39 is 0 Å². The highest BCUT2D eigenvalue weighted by molar-refractivity contribution is 9.20. The van der Waals surface area contributed by atoms with Crippen LogP contribution in [0.5, 0.6) is 0 Å². The topological polar surface area (TPSA) is 29.4 Å². The van der Waals surface area contributed by atoms with Crippen LogP contribution in [0.15, 0.2) is 4.58 Å². The molecule has 1 aliphatic rings. The van der Waals surface area contributed by atoms with Crippen LogP contribution in [-0.2, 0) is 0 Å². The summed E-state index contributed by atoms with van der Waals surface area (Å²) in [7, 11) is 2.42. The minimum absolute atomic E-state index is 0.350. The number of hydrogen-bond donors (Lipinski definition) is 0. The molecule has 0 bridgehead atoms. The first-order valence-electron chi connectivity index (χ1n) is 2.18. The summed E-state index contributed by atoms with van der Waals surface area (Å²) < 4.78 is 2.71. The van der Waals surface area contributed by atoms with Crippen LogP contribution in [-0.4, -0.2) is 17.8 Å². The fourth-order valence-corrected chi connectivity index (χ4v) is 5.82. The number of nitroso groups, excluding NO2 is 1. The van der Waals surface area contributed by atoms with Crippen LogP contribution in [0.25, 0.3) is 0 Å². The summed E-state index contributed by atoms with van der Waals surface area (Å²) in [4.78, 5) is 9.58. The van der Waals surface area contributed by atoms with Gasteiger partial charge in [0, 0.05) is 4.58 Å². The lowest BCUT2D eigenvalue weighted by atomic mass is 11.0. The van der Waals surface area contributed by atoms with Crippen LogP contribution in [0.4, 0.5) is 0 Å². The Morgan fingerprint density at radius 2 is 2.25 bits per heavy atom. The molecule has 1 aliphatic heterocycles. The Morgan fingerprint density at radius 1 is 1.62 bits per heavy atom. The predicted octanol–water partition coefficient (Wildman–Crippen LogP) is 2.41. The Hall–Kier alpha value is 0.650. The fourth-order valence-electron chi connectivity index (χ4n) is 0.271. The molecule has 2 nitrogen and oxygen atoms in total. The van der Waals surface area contributed by atoms with Gasteiger partial charge in [-0.3, -0.25) is 0 Å². The van der Waals surface area contributed by atoms with Crippen LogP contribution in [0.2, 0.25) is 0 Å². The third-order valence-corrected chi connectivity index (χ3v) is 8.87. The van der Waals surface area contributed by atoms with Crippen molar-refractivity contribution in [3.8, 4) is 0 Å². The Bertz CT molecular complexity index is 103. The number of rotatable bonds is 3. The SMILES string of the molecule is CS1(SSN=O)CC1. The van der Waals surface area contributed by atoms with E-state index in [0.717, 1.165) is 11.0 Å². The van der Waals surface area contributed by atoms with Crippen LogP contribution >= 0.6 is 29.9 Å². The highest BCUT2D eigenvalue weighted by atomic mass is 33.5. The van der Waals surface area contributed by atoms with Crippen LogP contribution in [0.3, 0.4) is 0 Å². The molecule has 1 heterocycles. The maximum absolute atomic E-state index is 9.58. The molecule has 0 unspecified atom stereocenters. The van der Waals surface area contributed by atoms with Crippen molar-refractivity contribution in [1.29, 1.82) is 0 Å². The molecule has 1 rings (SSSR count). The summed E-state index contributed by atoms with van der Waals surface area (Å²) >= 11 is 0. The fraction of sp³-hybridized carbons (Fsp3) is 1.00. The third-order valence-electron chi connectivity index (χ3n) is 1.00. The zero-order valence-corrected chi connectivity index (χ0v) is 6.94. The molecule has 0 aromatic carbocycles. The van der Waals surface area contributed by atoms with Gasteiger partial charge in [0.1, 0.15) is 11.0 Å². The second-order valence-corrected chi connectivity index (χ2v) is 9.92. The lowest BCUT2D eigenvalue weighted by Gasteiger charge is -2.05. The largest absolute Gasteiger partial charge is 0.182 e. The second-order valence-electron chi connectivity index (χ2n) is 1.81. The van der Waals surface area contributed by atoms with Gasteiger partial charge in [0.2, 0.25) is 0 Å². The molecule has 0 aromatic rings. The highest BCUT2D eigenvalue weighted by Crippen LogP contribution is 2.72. The summed E-state index contributed by atoms with van der Waals surface area (Å²) in [5.74, 6) is 2.64. The number of nitrogens with zero attached hydrogens (tertiary/aromatic N) is 1. The molecule has 0 spiro atoms. The summed E-state index contributed by atoms with van der Waals surface area (Å²) in [5, 5.41) is 0. The summed E-state index contributed by atoms with van der Waals surface area (Å²) in [6, 6.07) is 0. The van der Waals surface area contributed by atoms with Crippen molar-refractivity contribution in [2.24, 2.45) is 4.58 Å². The van der Waals surface area contributed by atoms with Gasteiger partial charge in [0.05, 0.1) is 0 Å². The van der Waals surface area contributed by atoms with E-state index in [2.05, 4.69) is 10.8 Å². The molecule has 0 aromatic heterocycles. The molecule has 0 atom stereocenters. The minimum Gasteiger partial charge on any atom is -0.182 e. The first-order valence-corrected chi connectivity index (χ1v) is 7.19. The van der Waals surface area contributed by atoms with Gasteiger partial charge in [-0.2, -0.15) is 9.06 Å². The Morgan fingerprint density at radius 3 is 2.62 bits per heavy atom. The van der Waals surface area contributed by atoms with E-state index in [0.29, 0.717) is 0 Å². The van der Waals surface area contributed by atoms with E-state index in [1.165, 1.54) is 11.5 Å². The minimum atomic E-state index is -0.350. The van der Waals surface area contributed by atoms with E-state index in [1.54, 1.807) is 9.83 Å². The summed E-state index contributed by atoms with van der Waals surface area (Å²) in [6.45, 7) is 0. The van der Waals surface area contributed by atoms with Crippen LogP contribution in [0, 0.1) is 4.91 Å². The van der Waals surface area contributed by atoms with E-state index >= 15 is 0 Å². The van der Waals surface area contributed by atoms with Crippen molar-refractivity contribution in [2.45, 2.75) is 0 Å². The van der Waals surface area contributed by atoms with Crippen molar-refractivity contribution in [3.63, 3.8) is 0 Å². The van der Waals surface area contributed by atoms with Gasteiger partial charge in [-0.15, -0.1) is 4.91 Å². The summed E-state index contributed by atoms with van der Waals surface area (Å²) in [5.41, 5.74) is 0. The highest BCUT2D eigenvalue weighted by Gasteiger charge is 2.32. The molecule has 8 heavy (non-hydrogen) atoms. The lowest BCUT2D eigenvalue weighted by molar-refractivity contribution is 1.75. The Labute approximate surface area is 57.4 Å². The average molecular weight is 169 g/mol. The molecule has 0 saturated carbocycles. The smallest absolute Gasteiger partial charge is 0.100 e. The van der Waals surface area contributed by atoms with Crippen molar-refractivity contribution in [2.75, 3.05) is 17.8 Å². The van der Waals surface area contributed by atoms with Crippen molar-refractivity contribution >= 4 is 29.9 Å². The van der Waals surface area contributed by atoms with Crippen molar-refractivity contribution in [3.05, 3.63) is 4.91 Å². The van der Waals surface area contributed by atoms with E-state index in [9.17, 15) is 4.91 Å². The monoisotopic (exact) mass is 169 g/mol. The molecule has 0 radical (unpaired) electrons. The van der Waals surface area contributed by atoms with Gasteiger partial charge in [0.15, 0.2) is 0 Å². The van der Waals surface area contributed by atoms with E-state index in [-0.39, 0.29) is 9.06 Å². The first kappa shape index (κ1) is 6.77. The van der Waals surface area contributed by atoms with Crippen molar-refractivity contribution in [1.82, 2.24) is 0 Å². The van der Waals surface area contributed by atoms with Gasteiger partial charge in [-0.1, -0.05) is 0 Å². The summed E-state index contributed by atoms with van der Waals surface area (Å²) in [6.07, 6.45) is 2.23. The molecule has 1 saturated heterocycles. The molecule has 5 heteroatoms. The second kappa shape index (κ2) is 2.49. The molecule has 0 N–H and O–H groups in total. The first-order chi connectivity index (χ1) is 3.77. The van der Waals surface area contributed by atoms with E-state index in [4.69, 9.17) is 0 Å². The third kappa shape index (κ3) is 1.87. The van der Waals surface area contributed by atoms with Gasteiger partial charge in [-0.05, 0) is 27.6 Å². The maximum Gasteiger partial charge on any atom is 0.100 e.